The highest BCUT2D eigenvalue weighted by Crippen LogP contribution is 2.22. The van der Waals surface area contributed by atoms with Crippen molar-refractivity contribution in [2.45, 2.75) is 44.9 Å². The number of benzene rings is 3. The summed E-state index contributed by atoms with van der Waals surface area (Å²) in [5, 5.41) is 5.77. The predicted molar refractivity (Wildman–Crippen MR) is 137 cm³/mol. The van der Waals surface area contributed by atoms with Crippen LogP contribution in [0.2, 0.25) is 0 Å². The Kier molecular flexibility index (Phi) is 8.69. The summed E-state index contributed by atoms with van der Waals surface area (Å²) in [6, 6.07) is 23.5. The molecule has 1 atom stereocenters. The molecule has 1 saturated heterocycles. The maximum atomic E-state index is 12.7. The van der Waals surface area contributed by atoms with Crippen LogP contribution in [0.1, 0.15) is 42.4 Å². The van der Waals surface area contributed by atoms with Crippen molar-refractivity contribution in [2.75, 3.05) is 33.4 Å². The van der Waals surface area contributed by atoms with Gasteiger partial charge in [0.05, 0.1) is 25.7 Å². The van der Waals surface area contributed by atoms with E-state index in [-0.39, 0.29) is 17.9 Å². The molecule has 0 unspecified atom stereocenters. The van der Waals surface area contributed by atoms with E-state index in [1.807, 2.05) is 37.3 Å². The number of nitrogens with zero attached hydrogens (tertiary/aromatic N) is 1. The number of rotatable bonds is 10. The number of amides is 1. The predicted octanol–water partition coefficient (Wildman–Crippen LogP) is 4.89. The third kappa shape index (κ3) is 6.66. The fourth-order valence-electron chi connectivity index (χ4n) is 4.58. The van der Waals surface area contributed by atoms with Crippen LogP contribution in [0.5, 0.6) is 0 Å². The molecule has 180 valence electrons. The van der Waals surface area contributed by atoms with Gasteiger partial charge in [-0.3, -0.25) is 9.69 Å². The second-order valence-corrected chi connectivity index (χ2v) is 9.25. The largest absolute Gasteiger partial charge is 0.382 e. The van der Waals surface area contributed by atoms with Gasteiger partial charge in [0.25, 0.3) is 0 Å². The minimum Gasteiger partial charge on any atom is -0.382 e. The lowest BCUT2D eigenvalue weighted by molar-refractivity contribution is -0.123. The minimum absolute atomic E-state index is 0.118. The monoisotopic (exact) mass is 460 g/mol. The highest BCUT2D eigenvalue weighted by atomic mass is 16.5. The molecule has 5 heteroatoms. The summed E-state index contributed by atoms with van der Waals surface area (Å²) in [5.74, 6) is 0.00767. The molecule has 1 N–H and O–H groups in total. The topological polar surface area (TPSA) is 50.8 Å². The van der Waals surface area contributed by atoms with Crippen molar-refractivity contribution < 1.29 is 14.3 Å². The lowest BCUT2D eigenvalue weighted by Crippen LogP contribution is -2.45. The second kappa shape index (κ2) is 12.1. The number of hydrogen-bond donors (Lipinski definition) is 1. The van der Waals surface area contributed by atoms with Gasteiger partial charge in [-0.1, -0.05) is 54.6 Å². The Morgan fingerprint density at radius 1 is 0.971 bits per heavy atom. The lowest BCUT2D eigenvalue weighted by Gasteiger charge is -2.33. The average Bonchev–Trinajstić information content (AvgIpc) is 2.87. The summed E-state index contributed by atoms with van der Waals surface area (Å²) in [6.45, 7) is 6.74. The summed E-state index contributed by atoms with van der Waals surface area (Å²) < 4.78 is 10.7. The fraction of sp³-hybridized carbons (Fsp3) is 0.414. The Balaban J connectivity index is 1.27. The summed E-state index contributed by atoms with van der Waals surface area (Å²) in [6.07, 6.45) is 1.98. The van der Waals surface area contributed by atoms with Gasteiger partial charge in [-0.05, 0) is 59.4 Å². The standard InChI is InChI=1S/C29H36N2O3/c1-22(25-6-4-3-5-7-25)29(32)30-28-12-14-31(15-13-28)20-23-8-10-26-11-9-24(19-27(26)18-23)21-34-17-16-33-2/h3-11,18-19,22,28H,12-17,20-21H2,1-2H3,(H,30,32)/t22-/m0/s1. The first-order valence-corrected chi connectivity index (χ1v) is 12.3. The molecular formula is C29H36N2O3. The Morgan fingerprint density at radius 3 is 2.41 bits per heavy atom. The van der Waals surface area contributed by atoms with Crippen molar-refractivity contribution in [3.63, 3.8) is 0 Å². The molecular weight excluding hydrogens is 424 g/mol. The molecule has 0 bridgehead atoms. The van der Waals surface area contributed by atoms with Crippen LogP contribution in [0.25, 0.3) is 10.8 Å². The Bertz CT molecular complexity index is 1060. The van der Waals surface area contributed by atoms with Crippen LogP contribution in [0.4, 0.5) is 0 Å². The van der Waals surface area contributed by atoms with Gasteiger partial charge in [-0.2, -0.15) is 0 Å². The average molecular weight is 461 g/mol. The number of nitrogens with one attached hydrogen (secondary N) is 1. The number of piperidine rings is 1. The molecule has 0 aliphatic carbocycles. The molecule has 1 fully saturated rings. The Labute approximate surface area is 203 Å². The molecule has 0 spiro atoms. The highest BCUT2D eigenvalue weighted by molar-refractivity contribution is 5.84. The van der Waals surface area contributed by atoms with E-state index in [2.05, 4.69) is 46.6 Å². The Hall–Kier alpha value is -2.73. The first kappa shape index (κ1) is 24.4. The molecule has 0 radical (unpaired) electrons. The normalized spacial score (nSPS) is 15.9. The number of carbonyl (C=O) groups is 1. The summed E-state index contributed by atoms with van der Waals surface area (Å²) in [7, 11) is 1.69. The maximum Gasteiger partial charge on any atom is 0.227 e. The second-order valence-electron chi connectivity index (χ2n) is 9.25. The zero-order valence-corrected chi connectivity index (χ0v) is 20.3. The zero-order valence-electron chi connectivity index (χ0n) is 20.3. The maximum absolute atomic E-state index is 12.7. The zero-order chi connectivity index (χ0) is 23.8. The van der Waals surface area contributed by atoms with E-state index in [4.69, 9.17) is 9.47 Å². The first-order valence-electron chi connectivity index (χ1n) is 12.3. The van der Waals surface area contributed by atoms with Crippen molar-refractivity contribution in [3.05, 3.63) is 83.4 Å². The molecule has 3 aromatic rings. The molecule has 34 heavy (non-hydrogen) atoms. The van der Waals surface area contributed by atoms with Gasteiger partial charge in [0.1, 0.15) is 0 Å². The van der Waals surface area contributed by atoms with Gasteiger partial charge < -0.3 is 14.8 Å². The van der Waals surface area contributed by atoms with Gasteiger partial charge in [0, 0.05) is 32.8 Å². The van der Waals surface area contributed by atoms with Crippen molar-refractivity contribution in [1.29, 1.82) is 0 Å². The van der Waals surface area contributed by atoms with E-state index < -0.39 is 0 Å². The van der Waals surface area contributed by atoms with E-state index in [1.165, 1.54) is 21.9 Å². The SMILES string of the molecule is COCCOCc1ccc2ccc(CN3CCC(NC(=O)[C@@H](C)c4ccccc4)CC3)cc2c1. The van der Waals surface area contributed by atoms with Crippen molar-refractivity contribution >= 4 is 16.7 Å². The molecule has 1 aliphatic rings. The number of likely N-dealkylation sites (tertiary alicyclic amines) is 1. The smallest absolute Gasteiger partial charge is 0.227 e. The number of fused-ring (bicyclic) bond motifs is 1. The van der Waals surface area contributed by atoms with E-state index in [0.29, 0.717) is 19.8 Å². The van der Waals surface area contributed by atoms with Crippen molar-refractivity contribution in [2.24, 2.45) is 0 Å². The van der Waals surface area contributed by atoms with Gasteiger partial charge in [0.2, 0.25) is 5.91 Å². The lowest BCUT2D eigenvalue weighted by atomic mass is 9.98. The van der Waals surface area contributed by atoms with Gasteiger partial charge in [-0.15, -0.1) is 0 Å². The van der Waals surface area contributed by atoms with E-state index in [1.54, 1.807) is 7.11 Å². The van der Waals surface area contributed by atoms with Crippen LogP contribution in [0.3, 0.4) is 0 Å². The number of hydrogen-bond acceptors (Lipinski definition) is 4. The molecule has 3 aromatic carbocycles. The summed E-state index contributed by atoms with van der Waals surface area (Å²) in [5.41, 5.74) is 3.57. The quantitative estimate of drug-likeness (QED) is 0.438. The highest BCUT2D eigenvalue weighted by Gasteiger charge is 2.23. The number of ether oxygens (including phenoxy) is 2. The van der Waals surface area contributed by atoms with Crippen LogP contribution in [-0.2, 0) is 27.4 Å². The van der Waals surface area contributed by atoms with Crippen molar-refractivity contribution in [1.82, 2.24) is 10.2 Å². The third-order valence-electron chi connectivity index (χ3n) is 6.70. The Morgan fingerprint density at radius 2 is 1.68 bits per heavy atom. The fourth-order valence-corrected chi connectivity index (χ4v) is 4.58. The van der Waals surface area contributed by atoms with Crippen LogP contribution >= 0.6 is 0 Å². The number of carbonyl (C=O) groups excluding carboxylic acids is 1. The summed E-state index contributed by atoms with van der Waals surface area (Å²) >= 11 is 0. The van der Waals surface area contributed by atoms with Gasteiger partial charge >= 0.3 is 0 Å². The van der Waals surface area contributed by atoms with Gasteiger partial charge in [-0.25, -0.2) is 0 Å². The van der Waals surface area contributed by atoms with E-state index >= 15 is 0 Å². The van der Waals surface area contributed by atoms with Crippen LogP contribution < -0.4 is 5.32 Å². The van der Waals surface area contributed by atoms with E-state index in [9.17, 15) is 4.79 Å². The molecule has 4 rings (SSSR count). The summed E-state index contributed by atoms with van der Waals surface area (Å²) in [4.78, 5) is 15.2. The van der Waals surface area contributed by atoms with Crippen LogP contribution in [0, 0.1) is 0 Å². The third-order valence-corrected chi connectivity index (χ3v) is 6.70. The first-order chi connectivity index (χ1) is 16.6. The van der Waals surface area contributed by atoms with Crippen LogP contribution in [-0.4, -0.2) is 50.3 Å². The van der Waals surface area contributed by atoms with Crippen LogP contribution in [0.15, 0.2) is 66.7 Å². The minimum atomic E-state index is -0.118. The van der Waals surface area contributed by atoms with Crippen molar-refractivity contribution in [3.8, 4) is 0 Å². The molecule has 1 heterocycles. The molecule has 0 saturated carbocycles. The van der Waals surface area contributed by atoms with Gasteiger partial charge in [0.15, 0.2) is 0 Å². The molecule has 5 nitrogen and oxygen atoms in total. The number of methoxy groups -OCH3 is 1. The van der Waals surface area contributed by atoms with E-state index in [0.717, 1.165) is 38.0 Å². The molecule has 0 aromatic heterocycles. The molecule has 1 amide bonds. The molecule has 1 aliphatic heterocycles.